The molecule has 0 amide bonds. The molecule has 1 fully saturated rings. The van der Waals surface area contributed by atoms with Crippen LogP contribution >= 0.6 is 0 Å². The highest BCUT2D eigenvalue weighted by molar-refractivity contribution is 5.29. The summed E-state index contributed by atoms with van der Waals surface area (Å²) in [6.45, 7) is 4.52. The van der Waals surface area contributed by atoms with Crippen LogP contribution in [0, 0.1) is 0 Å². The van der Waals surface area contributed by atoms with Gasteiger partial charge in [0.05, 0.1) is 0 Å². The molecule has 3 nitrogen and oxygen atoms in total. The molecule has 2 atom stereocenters. The standard InChI is InChI=1S/C15H24N2O/c1-12(13-6-4-8-15(18)10-13)17-9-5-7-14(17)11-16(2)3/h4,6,8,10,12,14,18H,5,7,9,11H2,1-3H3. The molecule has 1 aromatic carbocycles. The number of likely N-dealkylation sites (tertiary alicyclic amines) is 1. The van der Waals surface area contributed by atoms with Crippen molar-refractivity contribution in [2.45, 2.75) is 31.8 Å². The van der Waals surface area contributed by atoms with Gasteiger partial charge >= 0.3 is 0 Å². The molecule has 0 aliphatic carbocycles. The fourth-order valence-corrected chi connectivity index (χ4v) is 2.96. The van der Waals surface area contributed by atoms with E-state index in [0.717, 1.165) is 13.1 Å². The third kappa shape index (κ3) is 3.03. The zero-order valence-electron chi connectivity index (χ0n) is 11.6. The summed E-state index contributed by atoms with van der Waals surface area (Å²) in [4.78, 5) is 4.83. The lowest BCUT2D eigenvalue weighted by atomic mass is 10.1. The predicted molar refractivity (Wildman–Crippen MR) is 74.8 cm³/mol. The van der Waals surface area contributed by atoms with Crippen LogP contribution in [-0.2, 0) is 0 Å². The maximum atomic E-state index is 9.59. The Morgan fingerprint density at radius 2 is 2.22 bits per heavy atom. The Bertz CT molecular complexity index is 392. The van der Waals surface area contributed by atoms with E-state index in [9.17, 15) is 5.11 Å². The van der Waals surface area contributed by atoms with Gasteiger partial charge in [0, 0.05) is 18.6 Å². The Kier molecular flexibility index (Phi) is 4.25. The highest BCUT2D eigenvalue weighted by atomic mass is 16.3. The molecule has 0 radical (unpaired) electrons. The minimum absolute atomic E-state index is 0.364. The van der Waals surface area contributed by atoms with Gasteiger partial charge in [-0.2, -0.15) is 0 Å². The van der Waals surface area contributed by atoms with Crippen molar-refractivity contribution in [1.29, 1.82) is 0 Å². The van der Waals surface area contributed by atoms with E-state index in [2.05, 4.69) is 36.9 Å². The predicted octanol–water partition coefficient (Wildman–Crippen LogP) is 2.48. The summed E-state index contributed by atoms with van der Waals surface area (Å²) in [6.07, 6.45) is 2.56. The lowest BCUT2D eigenvalue weighted by Crippen LogP contribution is -2.38. The fraction of sp³-hybridized carbons (Fsp3) is 0.600. The smallest absolute Gasteiger partial charge is 0.115 e. The van der Waals surface area contributed by atoms with Gasteiger partial charge in [-0.1, -0.05) is 12.1 Å². The first-order chi connectivity index (χ1) is 8.58. The third-order valence-electron chi connectivity index (χ3n) is 3.85. The van der Waals surface area contributed by atoms with Crippen molar-refractivity contribution in [2.75, 3.05) is 27.2 Å². The second kappa shape index (κ2) is 5.72. The van der Waals surface area contributed by atoms with Crippen LogP contribution in [0.1, 0.15) is 31.4 Å². The maximum absolute atomic E-state index is 9.59. The van der Waals surface area contributed by atoms with Crippen molar-refractivity contribution in [1.82, 2.24) is 9.80 Å². The Labute approximate surface area is 110 Å². The van der Waals surface area contributed by atoms with Gasteiger partial charge in [-0.15, -0.1) is 0 Å². The van der Waals surface area contributed by atoms with Crippen LogP contribution in [0.4, 0.5) is 0 Å². The second-order valence-electron chi connectivity index (χ2n) is 5.57. The molecular formula is C15H24N2O. The van der Waals surface area contributed by atoms with Crippen LogP contribution < -0.4 is 0 Å². The van der Waals surface area contributed by atoms with Gasteiger partial charge in [0.1, 0.15) is 5.75 Å². The fourth-order valence-electron chi connectivity index (χ4n) is 2.96. The molecule has 0 spiro atoms. The molecule has 0 bridgehead atoms. The van der Waals surface area contributed by atoms with Gasteiger partial charge in [-0.05, 0) is 58.1 Å². The monoisotopic (exact) mass is 248 g/mol. The first kappa shape index (κ1) is 13.4. The summed E-state index contributed by atoms with van der Waals surface area (Å²) in [7, 11) is 4.27. The van der Waals surface area contributed by atoms with Crippen LogP contribution in [0.15, 0.2) is 24.3 Å². The molecule has 1 aliphatic heterocycles. The first-order valence-corrected chi connectivity index (χ1v) is 6.77. The first-order valence-electron chi connectivity index (χ1n) is 6.77. The highest BCUT2D eigenvalue weighted by Crippen LogP contribution is 2.30. The highest BCUT2D eigenvalue weighted by Gasteiger charge is 2.29. The summed E-state index contributed by atoms with van der Waals surface area (Å²) < 4.78 is 0. The number of nitrogens with zero attached hydrogens (tertiary/aromatic N) is 2. The van der Waals surface area contributed by atoms with E-state index in [1.54, 1.807) is 6.07 Å². The van der Waals surface area contributed by atoms with Crippen molar-refractivity contribution < 1.29 is 5.11 Å². The zero-order valence-corrected chi connectivity index (χ0v) is 11.6. The Hall–Kier alpha value is -1.06. The Balaban J connectivity index is 2.10. The van der Waals surface area contributed by atoms with E-state index in [4.69, 9.17) is 0 Å². The number of benzene rings is 1. The average Bonchev–Trinajstić information content (AvgIpc) is 2.75. The minimum atomic E-state index is 0.364. The molecule has 0 saturated carbocycles. The second-order valence-corrected chi connectivity index (χ2v) is 5.57. The molecule has 1 aliphatic rings. The molecule has 2 unspecified atom stereocenters. The topological polar surface area (TPSA) is 26.7 Å². The Morgan fingerprint density at radius 3 is 2.89 bits per heavy atom. The molecule has 100 valence electrons. The largest absolute Gasteiger partial charge is 0.508 e. The number of likely N-dealkylation sites (N-methyl/N-ethyl adjacent to an activating group) is 1. The van der Waals surface area contributed by atoms with Gasteiger partial charge in [0.2, 0.25) is 0 Å². The van der Waals surface area contributed by atoms with E-state index in [1.165, 1.54) is 18.4 Å². The van der Waals surface area contributed by atoms with Crippen molar-refractivity contribution >= 4 is 0 Å². The third-order valence-corrected chi connectivity index (χ3v) is 3.85. The van der Waals surface area contributed by atoms with Crippen LogP contribution in [0.3, 0.4) is 0 Å². The Morgan fingerprint density at radius 1 is 1.44 bits per heavy atom. The summed E-state index contributed by atoms with van der Waals surface area (Å²) in [6, 6.07) is 8.67. The molecule has 1 N–H and O–H groups in total. The molecule has 3 heteroatoms. The van der Waals surface area contributed by atoms with E-state index < -0.39 is 0 Å². The number of hydrogen-bond donors (Lipinski definition) is 1. The number of rotatable bonds is 4. The SMILES string of the molecule is CC(c1cccc(O)c1)N1CCCC1CN(C)C. The van der Waals surface area contributed by atoms with Crippen LogP contribution in [0.5, 0.6) is 5.75 Å². The molecule has 1 saturated heterocycles. The molecular weight excluding hydrogens is 224 g/mol. The van der Waals surface area contributed by atoms with E-state index >= 15 is 0 Å². The summed E-state index contributed by atoms with van der Waals surface area (Å²) in [5, 5.41) is 9.59. The molecule has 18 heavy (non-hydrogen) atoms. The quantitative estimate of drug-likeness (QED) is 0.887. The minimum Gasteiger partial charge on any atom is -0.508 e. The summed E-state index contributed by atoms with van der Waals surface area (Å²) >= 11 is 0. The average molecular weight is 248 g/mol. The van der Waals surface area contributed by atoms with Crippen LogP contribution in [0.25, 0.3) is 0 Å². The van der Waals surface area contributed by atoms with Gasteiger partial charge in [-0.25, -0.2) is 0 Å². The van der Waals surface area contributed by atoms with E-state index in [0.29, 0.717) is 17.8 Å². The van der Waals surface area contributed by atoms with Gasteiger partial charge in [0.25, 0.3) is 0 Å². The van der Waals surface area contributed by atoms with E-state index in [-0.39, 0.29) is 0 Å². The van der Waals surface area contributed by atoms with E-state index in [1.807, 2.05) is 12.1 Å². The van der Waals surface area contributed by atoms with Gasteiger partial charge in [0.15, 0.2) is 0 Å². The molecule has 1 aromatic rings. The van der Waals surface area contributed by atoms with Crippen molar-refractivity contribution in [3.63, 3.8) is 0 Å². The van der Waals surface area contributed by atoms with Crippen LogP contribution in [0.2, 0.25) is 0 Å². The number of hydrogen-bond acceptors (Lipinski definition) is 3. The summed E-state index contributed by atoms with van der Waals surface area (Å²) in [5.41, 5.74) is 1.21. The normalized spacial score (nSPS) is 22.6. The number of aromatic hydroxyl groups is 1. The lowest BCUT2D eigenvalue weighted by Gasteiger charge is -2.32. The van der Waals surface area contributed by atoms with Crippen molar-refractivity contribution in [3.8, 4) is 5.75 Å². The summed E-state index contributed by atoms with van der Waals surface area (Å²) in [5.74, 6) is 0.364. The molecule has 1 heterocycles. The van der Waals surface area contributed by atoms with Gasteiger partial charge < -0.3 is 10.0 Å². The van der Waals surface area contributed by atoms with Crippen LogP contribution in [-0.4, -0.2) is 48.1 Å². The lowest BCUT2D eigenvalue weighted by molar-refractivity contribution is 0.162. The molecule has 0 aromatic heterocycles. The zero-order chi connectivity index (χ0) is 13.1. The number of phenols is 1. The number of phenolic OH excluding ortho intramolecular Hbond substituents is 1. The van der Waals surface area contributed by atoms with Crippen molar-refractivity contribution in [2.24, 2.45) is 0 Å². The van der Waals surface area contributed by atoms with Crippen molar-refractivity contribution in [3.05, 3.63) is 29.8 Å². The molecule has 2 rings (SSSR count). The van der Waals surface area contributed by atoms with Gasteiger partial charge in [-0.3, -0.25) is 4.90 Å². The maximum Gasteiger partial charge on any atom is 0.115 e.